The molecule has 0 aromatic heterocycles. The molecular weight excluding hydrogens is 458 g/mol. The highest BCUT2D eigenvalue weighted by atomic mass is 16.5. The summed E-state index contributed by atoms with van der Waals surface area (Å²) in [4.78, 5) is 27.7. The minimum atomic E-state index is -0.618. The van der Waals surface area contributed by atoms with Gasteiger partial charge in [0.2, 0.25) is 0 Å². The smallest absolute Gasteiger partial charge is 0.178 e. The molecule has 0 radical (unpaired) electrons. The molecule has 4 heteroatoms. The predicted molar refractivity (Wildman–Crippen MR) is 145 cm³/mol. The molecular formula is C33H47NO3. The molecule has 0 N–H and O–H groups in total. The van der Waals surface area contributed by atoms with E-state index in [1.807, 2.05) is 26.0 Å². The third-order valence-corrected chi connectivity index (χ3v) is 12.8. The maximum atomic E-state index is 14.4. The van der Waals surface area contributed by atoms with Crippen LogP contribution in [0.2, 0.25) is 0 Å². The summed E-state index contributed by atoms with van der Waals surface area (Å²) in [6, 6.07) is 2.21. The number of nitriles is 1. The third-order valence-electron chi connectivity index (χ3n) is 12.8. The molecule has 7 atom stereocenters. The molecule has 5 rings (SSSR count). The minimum Gasteiger partial charge on any atom is -0.385 e. The van der Waals surface area contributed by atoms with Crippen molar-refractivity contribution in [2.75, 3.05) is 13.7 Å². The summed E-state index contributed by atoms with van der Waals surface area (Å²) in [7, 11) is 1.80. The van der Waals surface area contributed by atoms with Gasteiger partial charge in [0.25, 0.3) is 0 Å². The molecule has 0 aliphatic heterocycles. The number of allylic oxidation sites excluding steroid dienone is 4. The van der Waals surface area contributed by atoms with E-state index in [0.29, 0.717) is 11.7 Å². The van der Waals surface area contributed by atoms with E-state index < -0.39 is 10.8 Å². The number of hydrogen-bond acceptors (Lipinski definition) is 4. The SMILES string of the molecule is COCC[C@]12CCC(C)(C)CC1C1C(=O)C=C3[C@@]4(C)C=C(C#N)C(=O)C(C)(C)[C@@H]4CC[C@@]3(C)[C@]1(C)CC2. The number of carbonyl (C=O) groups is 2. The first-order valence-corrected chi connectivity index (χ1v) is 14.6. The number of Topliss-reactive ketones (excluding diaryl/α,β-unsaturated/α-hetero) is 1. The normalized spacial score (nSPS) is 45.9. The molecule has 37 heavy (non-hydrogen) atoms. The van der Waals surface area contributed by atoms with Gasteiger partial charge in [0, 0.05) is 30.5 Å². The Morgan fingerprint density at radius 2 is 1.68 bits per heavy atom. The molecule has 0 bridgehead atoms. The van der Waals surface area contributed by atoms with E-state index in [9.17, 15) is 14.9 Å². The Balaban J connectivity index is 1.67. The molecule has 2 unspecified atom stereocenters. The molecule has 4 nitrogen and oxygen atoms in total. The van der Waals surface area contributed by atoms with Crippen molar-refractivity contribution in [2.45, 2.75) is 99.8 Å². The van der Waals surface area contributed by atoms with E-state index in [2.05, 4.69) is 40.7 Å². The van der Waals surface area contributed by atoms with Crippen LogP contribution in [0.25, 0.3) is 0 Å². The average Bonchev–Trinajstić information content (AvgIpc) is 2.82. The number of fused-ring (bicyclic) bond motifs is 7. The third kappa shape index (κ3) is 3.41. The van der Waals surface area contributed by atoms with Crippen molar-refractivity contribution >= 4 is 11.6 Å². The average molecular weight is 506 g/mol. The van der Waals surface area contributed by atoms with Crippen molar-refractivity contribution in [3.63, 3.8) is 0 Å². The zero-order valence-corrected chi connectivity index (χ0v) is 24.4. The summed E-state index contributed by atoms with van der Waals surface area (Å²) in [5.41, 5.74) is 0.524. The Morgan fingerprint density at radius 1 is 1.00 bits per heavy atom. The van der Waals surface area contributed by atoms with Crippen LogP contribution >= 0.6 is 0 Å². The zero-order chi connectivity index (χ0) is 27.2. The highest BCUT2D eigenvalue weighted by Crippen LogP contribution is 2.74. The van der Waals surface area contributed by atoms with Gasteiger partial charge in [0.15, 0.2) is 11.6 Å². The van der Waals surface area contributed by atoms with E-state index in [0.717, 1.165) is 45.1 Å². The molecule has 3 saturated carbocycles. The first-order valence-electron chi connectivity index (χ1n) is 14.6. The first kappa shape index (κ1) is 26.9. The summed E-state index contributed by atoms with van der Waals surface area (Å²) in [5, 5.41) is 9.89. The Morgan fingerprint density at radius 3 is 2.32 bits per heavy atom. The second kappa shape index (κ2) is 8.14. The molecule has 5 aliphatic rings. The number of ether oxygens (including phenoxy) is 1. The van der Waals surface area contributed by atoms with Crippen molar-refractivity contribution in [3.8, 4) is 6.07 Å². The maximum absolute atomic E-state index is 14.4. The predicted octanol–water partition coefficient (Wildman–Crippen LogP) is 7.24. The number of hydrogen-bond donors (Lipinski definition) is 0. The Hall–Kier alpha value is -1.73. The lowest BCUT2D eigenvalue weighted by Gasteiger charge is -2.69. The summed E-state index contributed by atoms with van der Waals surface area (Å²) in [5.74, 6) is 0.729. The van der Waals surface area contributed by atoms with E-state index in [4.69, 9.17) is 4.74 Å². The largest absolute Gasteiger partial charge is 0.385 e. The number of ketones is 2. The quantitative estimate of drug-likeness (QED) is 0.405. The van der Waals surface area contributed by atoms with Crippen LogP contribution in [-0.2, 0) is 14.3 Å². The monoisotopic (exact) mass is 505 g/mol. The van der Waals surface area contributed by atoms with Crippen molar-refractivity contribution in [3.05, 3.63) is 23.3 Å². The van der Waals surface area contributed by atoms with Gasteiger partial charge in [0.05, 0.1) is 5.57 Å². The molecule has 0 spiro atoms. The first-order chi connectivity index (χ1) is 17.1. The molecule has 0 saturated heterocycles. The van der Waals surface area contributed by atoms with Crippen LogP contribution < -0.4 is 0 Å². The fourth-order valence-corrected chi connectivity index (χ4v) is 10.5. The fourth-order valence-electron chi connectivity index (χ4n) is 10.5. The second-order valence-electron chi connectivity index (χ2n) is 15.4. The number of carbonyl (C=O) groups excluding carboxylic acids is 2. The van der Waals surface area contributed by atoms with Crippen molar-refractivity contribution < 1.29 is 14.3 Å². The Kier molecular flexibility index (Phi) is 5.91. The number of nitrogens with zero attached hydrogens (tertiary/aromatic N) is 1. The van der Waals surface area contributed by atoms with Crippen LogP contribution in [0.15, 0.2) is 23.3 Å². The molecule has 5 aliphatic carbocycles. The lowest BCUT2D eigenvalue weighted by atomic mass is 9.34. The summed E-state index contributed by atoms with van der Waals surface area (Å²) < 4.78 is 5.60. The van der Waals surface area contributed by atoms with Gasteiger partial charge in [-0.1, -0.05) is 60.1 Å². The van der Waals surface area contributed by atoms with Gasteiger partial charge in [-0.3, -0.25) is 9.59 Å². The second-order valence-corrected chi connectivity index (χ2v) is 15.4. The van der Waals surface area contributed by atoms with Gasteiger partial charge in [0.1, 0.15) is 6.07 Å². The van der Waals surface area contributed by atoms with E-state index in [1.165, 1.54) is 18.4 Å². The van der Waals surface area contributed by atoms with Crippen LogP contribution in [0.3, 0.4) is 0 Å². The Bertz CT molecular complexity index is 1140. The van der Waals surface area contributed by atoms with Crippen LogP contribution in [0.5, 0.6) is 0 Å². The van der Waals surface area contributed by atoms with Crippen molar-refractivity contribution in [1.82, 2.24) is 0 Å². The zero-order valence-electron chi connectivity index (χ0n) is 24.4. The molecule has 0 aromatic rings. The minimum absolute atomic E-state index is 0.0178. The number of methoxy groups -OCH3 is 1. The van der Waals surface area contributed by atoms with Crippen molar-refractivity contribution in [1.29, 1.82) is 5.26 Å². The summed E-state index contributed by atoms with van der Waals surface area (Å²) in [6.07, 6.45) is 12.7. The molecule has 0 heterocycles. The van der Waals surface area contributed by atoms with Gasteiger partial charge < -0.3 is 4.74 Å². The topological polar surface area (TPSA) is 67.2 Å². The van der Waals surface area contributed by atoms with Crippen LogP contribution in [-0.4, -0.2) is 25.3 Å². The summed E-state index contributed by atoms with van der Waals surface area (Å²) in [6.45, 7) is 16.6. The highest BCUT2D eigenvalue weighted by Gasteiger charge is 2.69. The highest BCUT2D eigenvalue weighted by molar-refractivity contribution is 6.04. The van der Waals surface area contributed by atoms with Gasteiger partial charge >= 0.3 is 0 Å². The molecule has 202 valence electrons. The molecule has 0 amide bonds. The number of rotatable bonds is 3. The van der Waals surface area contributed by atoms with Gasteiger partial charge in [-0.2, -0.15) is 5.26 Å². The lowest BCUT2D eigenvalue weighted by molar-refractivity contribution is -0.174. The van der Waals surface area contributed by atoms with Gasteiger partial charge in [-0.15, -0.1) is 0 Å². The summed E-state index contributed by atoms with van der Waals surface area (Å²) >= 11 is 0. The maximum Gasteiger partial charge on any atom is 0.178 e. The van der Waals surface area contributed by atoms with E-state index in [-0.39, 0.29) is 44.9 Å². The van der Waals surface area contributed by atoms with Crippen LogP contribution in [0.1, 0.15) is 99.8 Å². The van der Waals surface area contributed by atoms with Gasteiger partial charge in [-0.05, 0) is 90.9 Å². The molecule has 3 fully saturated rings. The van der Waals surface area contributed by atoms with E-state index in [1.54, 1.807) is 7.11 Å². The van der Waals surface area contributed by atoms with E-state index >= 15 is 0 Å². The standard InChI is InChI=1S/C33H47NO3/c1-28(2)11-13-33(15-16-37-8)14-12-32(7)26(22(33)19-28)23(35)17-25-30(5)18-21(20-34)27(36)29(3,4)24(30)9-10-31(25,32)6/h17-18,22,24,26H,9-16,19H2,1-8H3/t22?,24-,26?,30-,31+,32+,33+/m0/s1. The van der Waals surface area contributed by atoms with Crippen LogP contribution in [0.4, 0.5) is 0 Å². The Labute approximate surface area is 224 Å². The van der Waals surface area contributed by atoms with Gasteiger partial charge in [-0.25, -0.2) is 0 Å². The molecule has 0 aromatic carbocycles. The van der Waals surface area contributed by atoms with Crippen molar-refractivity contribution in [2.24, 2.45) is 50.2 Å². The lowest BCUT2D eigenvalue weighted by Crippen LogP contribution is -2.64. The fraction of sp³-hybridized carbons (Fsp3) is 0.788. The van der Waals surface area contributed by atoms with Crippen LogP contribution in [0, 0.1) is 61.6 Å².